The van der Waals surface area contributed by atoms with Gasteiger partial charge in [-0.05, 0) is 30.4 Å². The summed E-state index contributed by atoms with van der Waals surface area (Å²) in [6.45, 7) is 3.57. The molecule has 7 nitrogen and oxygen atoms in total. The first kappa shape index (κ1) is 14.1. The Bertz CT molecular complexity index is 553. The Morgan fingerprint density at radius 3 is 2.52 bits per heavy atom. The summed E-state index contributed by atoms with van der Waals surface area (Å²) < 4.78 is 0. The monoisotopic (exact) mass is 293 g/mol. The van der Waals surface area contributed by atoms with Crippen molar-refractivity contribution in [3.8, 4) is 11.5 Å². The molecular weight excluding hydrogens is 274 g/mol. The van der Waals surface area contributed by atoms with Gasteiger partial charge in [0.1, 0.15) is 0 Å². The minimum Gasteiger partial charge on any atom is -0.504 e. The average molecular weight is 293 g/mol. The fourth-order valence-electron chi connectivity index (χ4n) is 3.09. The Balaban J connectivity index is 1.97. The van der Waals surface area contributed by atoms with Crippen LogP contribution in [0.25, 0.3) is 0 Å². The number of hydrogen-bond acceptors (Lipinski definition) is 6. The Morgan fingerprint density at radius 2 is 1.95 bits per heavy atom. The van der Waals surface area contributed by atoms with Gasteiger partial charge in [0.25, 0.3) is 0 Å². The first-order valence-corrected chi connectivity index (χ1v) is 7.23. The van der Waals surface area contributed by atoms with Crippen molar-refractivity contribution in [1.29, 1.82) is 0 Å². The third kappa shape index (κ3) is 2.79. The molecule has 0 bridgehead atoms. The Morgan fingerprint density at radius 1 is 1.29 bits per heavy atom. The van der Waals surface area contributed by atoms with Crippen molar-refractivity contribution < 1.29 is 15.1 Å². The van der Waals surface area contributed by atoms with Gasteiger partial charge >= 0.3 is 5.69 Å². The van der Waals surface area contributed by atoms with E-state index in [2.05, 4.69) is 10.2 Å². The first-order valence-electron chi connectivity index (χ1n) is 7.23. The number of phenolic OH excluding ortho intramolecular Hbond substituents is 2. The number of phenols is 2. The summed E-state index contributed by atoms with van der Waals surface area (Å²) in [6.07, 6.45) is 2.20. The lowest BCUT2D eigenvalue weighted by atomic mass is 9.98. The molecule has 1 atom stereocenters. The molecule has 1 aromatic carbocycles. The van der Waals surface area contributed by atoms with Crippen LogP contribution in [0.2, 0.25) is 0 Å². The smallest absolute Gasteiger partial charge is 0.314 e. The zero-order valence-corrected chi connectivity index (χ0v) is 11.7. The maximum atomic E-state index is 11.0. The lowest BCUT2D eigenvalue weighted by molar-refractivity contribution is -0.386. The molecule has 3 N–H and O–H groups in total. The molecule has 1 aliphatic heterocycles. The van der Waals surface area contributed by atoms with Crippen molar-refractivity contribution in [2.24, 2.45) is 5.92 Å². The third-order valence-electron chi connectivity index (χ3n) is 4.24. The second-order valence-electron chi connectivity index (χ2n) is 5.73. The van der Waals surface area contributed by atoms with Crippen LogP contribution in [0.4, 0.5) is 5.69 Å². The van der Waals surface area contributed by atoms with Gasteiger partial charge in [0, 0.05) is 38.3 Å². The predicted molar refractivity (Wildman–Crippen MR) is 76.3 cm³/mol. The summed E-state index contributed by atoms with van der Waals surface area (Å²) in [7, 11) is 0. The molecule has 2 aliphatic rings. The number of aromatic hydroxyl groups is 2. The van der Waals surface area contributed by atoms with Gasteiger partial charge in [-0.2, -0.15) is 0 Å². The van der Waals surface area contributed by atoms with E-state index in [-0.39, 0.29) is 6.04 Å². The van der Waals surface area contributed by atoms with E-state index in [0.717, 1.165) is 44.6 Å². The van der Waals surface area contributed by atoms with Crippen LogP contribution >= 0.6 is 0 Å². The maximum Gasteiger partial charge on any atom is 0.314 e. The fraction of sp³-hybridized carbons (Fsp3) is 0.571. The standard InChI is InChI=1S/C14H19N3O4/c18-12-8-10(7-11(14(12)19)17(20)21)13(9-1-2-9)16-5-3-15-4-6-16/h7-9,13,15,18-19H,1-6H2/t13-/m1/s1. The molecule has 2 fully saturated rings. The molecule has 0 amide bonds. The van der Waals surface area contributed by atoms with Crippen molar-refractivity contribution in [3.05, 3.63) is 27.8 Å². The second kappa shape index (κ2) is 5.50. The predicted octanol–water partition coefficient (Wildman–Crippen LogP) is 1.36. The van der Waals surface area contributed by atoms with Gasteiger partial charge in [-0.25, -0.2) is 0 Å². The Kier molecular flexibility index (Phi) is 3.69. The second-order valence-corrected chi connectivity index (χ2v) is 5.73. The van der Waals surface area contributed by atoms with Gasteiger partial charge in [-0.3, -0.25) is 15.0 Å². The van der Waals surface area contributed by atoms with Crippen LogP contribution in [0, 0.1) is 16.0 Å². The highest BCUT2D eigenvalue weighted by Crippen LogP contribution is 2.47. The molecule has 1 aromatic rings. The topological polar surface area (TPSA) is 98.9 Å². The molecule has 1 aliphatic carbocycles. The zero-order chi connectivity index (χ0) is 15.0. The SMILES string of the molecule is O=[N+]([O-])c1cc([C@@H](C2CC2)N2CCNCC2)cc(O)c1O. The van der Waals surface area contributed by atoms with Crippen molar-refractivity contribution in [1.82, 2.24) is 10.2 Å². The Hall–Kier alpha value is -1.86. The van der Waals surface area contributed by atoms with Crippen LogP contribution in [-0.4, -0.2) is 46.2 Å². The number of nitrogens with one attached hydrogen (secondary N) is 1. The lowest BCUT2D eigenvalue weighted by Crippen LogP contribution is -2.45. The zero-order valence-electron chi connectivity index (χ0n) is 11.7. The van der Waals surface area contributed by atoms with Gasteiger partial charge in [0.2, 0.25) is 5.75 Å². The van der Waals surface area contributed by atoms with Crippen molar-refractivity contribution in [2.75, 3.05) is 26.2 Å². The summed E-state index contributed by atoms with van der Waals surface area (Å²) in [5, 5.41) is 33.7. The molecule has 7 heteroatoms. The normalized spacial score (nSPS) is 21.1. The van der Waals surface area contributed by atoms with E-state index in [1.165, 1.54) is 12.1 Å². The fourth-order valence-corrected chi connectivity index (χ4v) is 3.09. The number of nitrogens with zero attached hydrogens (tertiary/aromatic N) is 2. The van der Waals surface area contributed by atoms with E-state index < -0.39 is 22.1 Å². The van der Waals surface area contributed by atoms with Gasteiger partial charge in [-0.1, -0.05) is 0 Å². The molecule has 0 spiro atoms. The molecule has 1 saturated heterocycles. The molecule has 0 aromatic heterocycles. The Labute approximate surface area is 122 Å². The summed E-state index contributed by atoms with van der Waals surface area (Å²) in [5.74, 6) is -0.592. The van der Waals surface area contributed by atoms with Crippen LogP contribution in [0.15, 0.2) is 12.1 Å². The molecule has 114 valence electrons. The number of hydrogen-bond donors (Lipinski definition) is 3. The molecule has 1 heterocycles. The number of nitro groups is 1. The highest BCUT2D eigenvalue weighted by molar-refractivity contribution is 5.57. The molecule has 3 rings (SSSR count). The highest BCUT2D eigenvalue weighted by atomic mass is 16.6. The van der Waals surface area contributed by atoms with Crippen LogP contribution < -0.4 is 5.32 Å². The summed E-state index contributed by atoms with van der Waals surface area (Å²) in [5.41, 5.74) is 0.298. The summed E-state index contributed by atoms with van der Waals surface area (Å²) in [4.78, 5) is 12.7. The summed E-state index contributed by atoms with van der Waals surface area (Å²) >= 11 is 0. The quantitative estimate of drug-likeness (QED) is 0.440. The molecule has 0 unspecified atom stereocenters. The van der Waals surface area contributed by atoms with Gasteiger partial charge in [-0.15, -0.1) is 0 Å². The first-order chi connectivity index (χ1) is 10.1. The lowest BCUT2D eigenvalue weighted by Gasteiger charge is -2.35. The van der Waals surface area contributed by atoms with E-state index in [1.807, 2.05) is 0 Å². The van der Waals surface area contributed by atoms with Crippen molar-refractivity contribution in [2.45, 2.75) is 18.9 Å². The van der Waals surface area contributed by atoms with Crippen LogP contribution in [0.5, 0.6) is 11.5 Å². The largest absolute Gasteiger partial charge is 0.504 e. The average Bonchev–Trinajstić information content (AvgIpc) is 3.28. The minimum atomic E-state index is -0.654. The van der Waals surface area contributed by atoms with Crippen molar-refractivity contribution >= 4 is 5.69 Å². The molecule has 1 saturated carbocycles. The number of nitro benzene ring substituents is 1. The third-order valence-corrected chi connectivity index (χ3v) is 4.24. The van der Waals surface area contributed by atoms with E-state index >= 15 is 0 Å². The van der Waals surface area contributed by atoms with Crippen molar-refractivity contribution in [3.63, 3.8) is 0 Å². The van der Waals surface area contributed by atoms with Gasteiger partial charge in [0.05, 0.1) is 4.92 Å². The van der Waals surface area contributed by atoms with Crippen LogP contribution in [-0.2, 0) is 0 Å². The number of rotatable bonds is 4. The van der Waals surface area contributed by atoms with Crippen LogP contribution in [0.1, 0.15) is 24.4 Å². The number of piperazine rings is 1. The van der Waals surface area contributed by atoms with Crippen LogP contribution in [0.3, 0.4) is 0 Å². The van der Waals surface area contributed by atoms with E-state index in [9.17, 15) is 20.3 Å². The maximum absolute atomic E-state index is 11.0. The number of benzene rings is 1. The van der Waals surface area contributed by atoms with E-state index in [1.54, 1.807) is 0 Å². The molecular formula is C14H19N3O4. The molecule has 0 radical (unpaired) electrons. The molecule has 21 heavy (non-hydrogen) atoms. The summed E-state index contributed by atoms with van der Waals surface area (Å²) in [6, 6.07) is 2.95. The minimum absolute atomic E-state index is 0.0808. The van der Waals surface area contributed by atoms with E-state index in [4.69, 9.17) is 0 Å². The highest BCUT2D eigenvalue weighted by Gasteiger charge is 2.38. The van der Waals surface area contributed by atoms with Gasteiger partial charge in [0.15, 0.2) is 5.75 Å². The van der Waals surface area contributed by atoms with Gasteiger partial charge < -0.3 is 15.5 Å². The van der Waals surface area contributed by atoms with E-state index in [0.29, 0.717) is 5.92 Å².